The molecule has 170 valence electrons. The van der Waals surface area contributed by atoms with Crippen LogP contribution in [0.3, 0.4) is 0 Å². The van der Waals surface area contributed by atoms with E-state index in [-0.39, 0.29) is 6.61 Å². The second kappa shape index (κ2) is 9.50. The Balaban J connectivity index is 1.50. The zero-order valence-corrected chi connectivity index (χ0v) is 18.7. The van der Waals surface area contributed by atoms with Crippen LogP contribution in [0.2, 0.25) is 0 Å². The van der Waals surface area contributed by atoms with Gasteiger partial charge in [0.05, 0.1) is 43.6 Å². The van der Waals surface area contributed by atoms with Gasteiger partial charge in [-0.15, -0.1) is 0 Å². The third-order valence-electron chi connectivity index (χ3n) is 6.39. The predicted molar refractivity (Wildman–Crippen MR) is 124 cm³/mol. The molecule has 2 aliphatic heterocycles. The first-order valence-electron chi connectivity index (χ1n) is 11.4. The monoisotopic (exact) mass is 437 g/mol. The van der Waals surface area contributed by atoms with Crippen molar-refractivity contribution in [3.63, 3.8) is 0 Å². The van der Waals surface area contributed by atoms with Crippen molar-refractivity contribution >= 4 is 17.0 Å². The summed E-state index contributed by atoms with van der Waals surface area (Å²) in [6.45, 7) is 9.05. The second-order valence-electron chi connectivity index (χ2n) is 8.58. The largest absolute Gasteiger partial charge is 0.392 e. The van der Waals surface area contributed by atoms with Crippen LogP contribution in [-0.2, 0) is 17.9 Å². The molecule has 1 aromatic carbocycles. The molecule has 32 heavy (non-hydrogen) atoms. The first-order chi connectivity index (χ1) is 15.7. The summed E-state index contributed by atoms with van der Waals surface area (Å²) in [6.07, 6.45) is 1.88. The Hall–Kier alpha value is -2.59. The molecule has 0 amide bonds. The smallest absolute Gasteiger partial charge is 0.228 e. The fourth-order valence-corrected chi connectivity index (χ4v) is 4.36. The molecule has 0 aliphatic carbocycles. The summed E-state index contributed by atoms with van der Waals surface area (Å²) in [5, 5.41) is 15.3. The van der Waals surface area contributed by atoms with Gasteiger partial charge in [-0.25, -0.2) is 9.67 Å². The van der Waals surface area contributed by atoms with Gasteiger partial charge in [0.25, 0.3) is 0 Å². The molecule has 3 aromatic rings. The lowest BCUT2D eigenvalue weighted by Crippen LogP contribution is -2.45. The highest BCUT2D eigenvalue weighted by Crippen LogP contribution is 2.29. The average Bonchev–Trinajstić information content (AvgIpc) is 3.26. The van der Waals surface area contributed by atoms with E-state index in [1.165, 1.54) is 0 Å². The first-order valence-corrected chi connectivity index (χ1v) is 11.4. The summed E-state index contributed by atoms with van der Waals surface area (Å²) >= 11 is 0. The average molecular weight is 438 g/mol. The van der Waals surface area contributed by atoms with Crippen LogP contribution in [0.5, 0.6) is 0 Å². The van der Waals surface area contributed by atoms with E-state index in [9.17, 15) is 5.11 Å². The van der Waals surface area contributed by atoms with E-state index in [2.05, 4.69) is 21.7 Å². The highest BCUT2D eigenvalue weighted by molar-refractivity contribution is 5.91. The van der Waals surface area contributed by atoms with Gasteiger partial charge in [-0.05, 0) is 18.7 Å². The molecule has 0 bridgehead atoms. The third kappa shape index (κ3) is 4.47. The maximum absolute atomic E-state index is 9.62. The summed E-state index contributed by atoms with van der Waals surface area (Å²) in [4.78, 5) is 16.9. The highest BCUT2D eigenvalue weighted by atomic mass is 16.5. The molecule has 2 aromatic heterocycles. The maximum atomic E-state index is 9.62. The van der Waals surface area contributed by atoms with Crippen LogP contribution in [0.1, 0.15) is 5.56 Å². The lowest BCUT2D eigenvalue weighted by Gasteiger charge is -2.32. The molecule has 5 rings (SSSR count). The van der Waals surface area contributed by atoms with Crippen LogP contribution in [0.25, 0.3) is 22.3 Å². The molecular weight excluding hydrogens is 406 g/mol. The van der Waals surface area contributed by atoms with E-state index in [1.54, 1.807) is 0 Å². The minimum atomic E-state index is 0.00265. The van der Waals surface area contributed by atoms with Crippen molar-refractivity contribution in [1.82, 2.24) is 29.5 Å². The molecule has 4 heterocycles. The number of aliphatic hydroxyl groups is 1. The van der Waals surface area contributed by atoms with Crippen molar-refractivity contribution in [1.29, 1.82) is 0 Å². The van der Waals surface area contributed by atoms with Crippen LogP contribution in [-0.4, -0.2) is 101 Å². The van der Waals surface area contributed by atoms with Crippen molar-refractivity contribution in [2.45, 2.75) is 13.2 Å². The normalized spacial score (nSPS) is 18.5. The number of morpholine rings is 1. The van der Waals surface area contributed by atoms with Gasteiger partial charge < -0.3 is 19.6 Å². The second-order valence-corrected chi connectivity index (χ2v) is 8.58. The lowest BCUT2D eigenvalue weighted by atomic mass is 10.1. The van der Waals surface area contributed by atoms with E-state index in [4.69, 9.17) is 19.8 Å². The van der Waals surface area contributed by atoms with Gasteiger partial charge in [0.1, 0.15) is 0 Å². The molecule has 2 aliphatic rings. The molecule has 9 heteroatoms. The number of hydrogen-bond donors (Lipinski definition) is 1. The zero-order valence-electron chi connectivity index (χ0n) is 18.7. The van der Waals surface area contributed by atoms with Gasteiger partial charge in [0, 0.05) is 51.4 Å². The Morgan fingerprint density at radius 2 is 1.81 bits per heavy atom. The number of anilines is 1. The highest BCUT2D eigenvalue weighted by Gasteiger charge is 2.21. The minimum absolute atomic E-state index is 0.00265. The Bertz CT molecular complexity index is 1060. The summed E-state index contributed by atoms with van der Waals surface area (Å²) < 4.78 is 7.54. The lowest BCUT2D eigenvalue weighted by molar-refractivity contribution is 0.122. The van der Waals surface area contributed by atoms with Crippen LogP contribution >= 0.6 is 0 Å². The van der Waals surface area contributed by atoms with Gasteiger partial charge in [0.15, 0.2) is 5.65 Å². The Labute approximate surface area is 188 Å². The van der Waals surface area contributed by atoms with Gasteiger partial charge in [0.2, 0.25) is 5.95 Å². The first kappa shape index (κ1) is 21.3. The van der Waals surface area contributed by atoms with Crippen LogP contribution in [0, 0.1) is 0 Å². The molecule has 0 spiro atoms. The molecule has 0 unspecified atom stereocenters. The van der Waals surface area contributed by atoms with Crippen molar-refractivity contribution < 1.29 is 9.84 Å². The van der Waals surface area contributed by atoms with Crippen molar-refractivity contribution in [2.75, 3.05) is 71.0 Å². The summed E-state index contributed by atoms with van der Waals surface area (Å²) in [7, 11) is 2.18. The number of likely N-dealkylation sites (N-methyl/N-ethyl adjacent to an activating group) is 1. The molecule has 2 saturated heterocycles. The molecule has 9 nitrogen and oxygen atoms in total. The number of hydrogen-bond acceptors (Lipinski definition) is 8. The third-order valence-corrected chi connectivity index (χ3v) is 6.39. The standard InChI is InChI=1S/C23H31N7O2/c1-27-5-7-28(8-6-27)9-10-30-22-20(16-24-30)21(19-4-2-3-18(15-19)17-31)25-23(26-22)29-11-13-32-14-12-29/h2-4,15-16,31H,5-14,17H2,1H3. The number of benzene rings is 1. The van der Waals surface area contributed by atoms with Gasteiger partial charge >= 0.3 is 0 Å². The van der Waals surface area contributed by atoms with Crippen LogP contribution in [0.15, 0.2) is 30.5 Å². The Kier molecular flexibility index (Phi) is 6.31. The zero-order chi connectivity index (χ0) is 21.9. The summed E-state index contributed by atoms with van der Waals surface area (Å²) in [5.74, 6) is 0.714. The SMILES string of the molecule is CN1CCN(CCn2ncc3c(-c4cccc(CO)c4)nc(N4CCOCC4)nc32)CC1. The van der Waals surface area contributed by atoms with Crippen molar-refractivity contribution in [2.24, 2.45) is 0 Å². The number of aliphatic hydroxyl groups excluding tert-OH is 1. The topological polar surface area (TPSA) is 82.8 Å². The summed E-state index contributed by atoms with van der Waals surface area (Å²) in [5.41, 5.74) is 3.55. The number of nitrogens with zero attached hydrogens (tertiary/aromatic N) is 7. The summed E-state index contributed by atoms with van der Waals surface area (Å²) in [6, 6.07) is 7.91. The molecule has 0 saturated carbocycles. The van der Waals surface area contributed by atoms with Gasteiger partial charge in [-0.3, -0.25) is 4.90 Å². The minimum Gasteiger partial charge on any atom is -0.392 e. The van der Waals surface area contributed by atoms with E-state index in [1.807, 2.05) is 35.1 Å². The van der Waals surface area contributed by atoms with E-state index >= 15 is 0 Å². The van der Waals surface area contributed by atoms with Crippen LogP contribution < -0.4 is 4.90 Å². The van der Waals surface area contributed by atoms with Crippen molar-refractivity contribution in [3.8, 4) is 11.3 Å². The Morgan fingerprint density at radius 3 is 2.59 bits per heavy atom. The Morgan fingerprint density at radius 1 is 1.00 bits per heavy atom. The predicted octanol–water partition coefficient (Wildman–Crippen LogP) is 1.07. The fraction of sp³-hybridized carbons (Fsp3) is 0.522. The number of fused-ring (bicyclic) bond motifs is 1. The van der Waals surface area contributed by atoms with E-state index in [0.29, 0.717) is 19.2 Å². The maximum Gasteiger partial charge on any atom is 0.228 e. The quantitative estimate of drug-likeness (QED) is 0.613. The fourth-order valence-electron chi connectivity index (χ4n) is 4.36. The van der Waals surface area contributed by atoms with E-state index in [0.717, 1.165) is 80.2 Å². The molecular formula is C23H31N7O2. The van der Waals surface area contributed by atoms with Crippen LogP contribution in [0.4, 0.5) is 5.95 Å². The number of aromatic nitrogens is 4. The molecule has 0 atom stereocenters. The number of piperazine rings is 1. The van der Waals surface area contributed by atoms with Gasteiger partial charge in [-0.1, -0.05) is 18.2 Å². The molecule has 1 N–H and O–H groups in total. The molecule has 0 radical (unpaired) electrons. The number of rotatable bonds is 6. The number of ether oxygens (including phenoxy) is 1. The van der Waals surface area contributed by atoms with Crippen molar-refractivity contribution in [3.05, 3.63) is 36.0 Å². The molecule has 2 fully saturated rings. The van der Waals surface area contributed by atoms with E-state index < -0.39 is 0 Å². The van der Waals surface area contributed by atoms with Gasteiger partial charge in [-0.2, -0.15) is 10.1 Å².